The van der Waals surface area contributed by atoms with Crippen molar-refractivity contribution in [3.63, 3.8) is 0 Å². The lowest BCUT2D eigenvalue weighted by Crippen LogP contribution is -2.28. The average molecular weight is 306 g/mol. The zero-order chi connectivity index (χ0) is 15.8. The molecule has 1 aliphatic heterocycles. The van der Waals surface area contributed by atoms with E-state index in [0.717, 1.165) is 35.4 Å². The highest BCUT2D eigenvalue weighted by atomic mass is 16.2. The number of rotatable bonds is 2. The van der Waals surface area contributed by atoms with E-state index in [1.165, 1.54) is 0 Å². The monoisotopic (exact) mass is 306 g/mol. The van der Waals surface area contributed by atoms with Gasteiger partial charge >= 0.3 is 0 Å². The number of hydrogen-bond donors (Lipinski definition) is 1. The predicted octanol–water partition coefficient (Wildman–Crippen LogP) is 2.90. The van der Waals surface area contributed by atoms with E-state index in [1.807, 2.05) is 48.2 Å². The van der Waals surface area contributed by atoms with Crippen LogP contribution >= 0.6 is 0 Å². The van der Waals surface area contributed by atoms with Gasteiger partial charge < -0.3 is 9.88 Å². The van der Waals surface area contributed by atoms with Crippen LogP contribution in [0.15, 0.2) is 42.6 Å². The van der Waals surface area contributed by atoms with Crippen molar-refractivity contribution in [3.8, 4) is 0 Å². The Hall–Kier alpha value is -2.69. The molecule has 5 heteroatoms. The molecule has 1 amide bonds. The van der Waals surface area contributed by atoms with Crippen molar-refractivity contribution >= 4 is 16.8 Å². The Kier molecular flexibility index (Phi) is 3.33. The van der Waals surface area contributed by atoms with Gasteiger partial charge in [0, 0.05) is 41.8 Å². The number of H-pyrrole nitrogens is 1. The van der Waals surface area contributed by atoms with Crippen molar-refractivity contribution in [2.45, 2.75) is 19.3 Å². The van der Waals surface area contributed by atoms with Crippen LogP contribution in [0.3, 0.4) is 0 Å². The summed E-state index contributed by atoms with van der Waals surface area (Å²) in [6, 6.07) is 11.8. The molecule has 3 heterocycles. The zero-order valence-corrected chi connectivity index (χ0v) is 13.0. The van der Waals surface area contributed by atoms with Gasteiger partial charge in [-0.25, -0.2) is 9.97 Å². The highest BCUT2D eigenvalue weighted by molar-refractivity contribution is 5.98. The maximum Gasteiger partial charge on any atom is 0.270 e. The molecule has 4 rings (SSSR count). The number of likely N-dealkylation sites (tertiary alicyclic amines) is 1. The molecular formula is C18H18N4O. The molecule has 1 aliphatic rings. The van der Waals surface area contributed by atoms with Crippen LogP contribution in [0, 0.1) is 6.92 Å². The number of aromatic amines is 1. The summed E-state index contributed by atoms with van der Waals surface area (Å²) < 4.78 is 0. The molecule has 5 nitrogen and oxygen atoms in total. The van der Waals surface area contributed by atoms with Gasteiger partial charge in [-0.1, -0.05) is 18.2 Å². The second-order valence-corrected chi connectivity index (χ2v) is 6.06. The van der Waals surface area contributed by atoms with Crippen molar-refractivity contribution < 1.29 is 4.79 Å². The van der Waals surface area contributed by atoms with Gasteiger partial charge in [0.2, 0.25) is 0 Å². The Morgan fingerprint density at radius 1 is 1.30 bits per heavy atom. The van der Waals surface area contributed by atoms with Gasteiger partial charge in [-0.3, -0.25) is 4.79 Å². The second-order valence-electron chi connectivity index (χ2n) is 6.06. The van der Waals surface area contributed by atoms with Crippen LogP contribution in [-0.2, 0) is 0 Å². The van der Waals surface area contributed by atoms with Crippen LogP contribution in [0.2, 0.25) is 0 Å². The third-order valence-corrected chi connectivity index (χ3v) is 4.41. The SMILES string of the molecule is Cc1ccnc(C2CCN(C(=O)c3cc4ccccc4[nH]3)C2)n1. The molecule has 0 aliphatic carbocycles. The smallest absolute Gasteiger partial charge is 0.270 e. The summed E-state index contributed by atoms with van der Waals surface area (Å²) in [7, 11) is 0. The van der Waals surface area contributed by atoms with Gasteiger partial charge in [-0.05, 0) is 31.5 Å². The van der Waals surface area contributed by atoms with E-state index in [2.05, 4.69) is 15.0 Å². The quantitative estimate of drug-likeness (QED) is 0.792. The minimum atomic E-state index is 0.0522. The number of hydrogen-bond acceptors (Lipinski definition) is 3. The first-order valence-corrected chi connectivity index (χ1v) is 7.87. The molecule has 0 bridgehead atoms. The molecule has 1 saturated heterocycles. The number of para-hydroxylation sites is 1. The molecule has 116 valence electrons. The number of carbonyl (C=O) groups excluding carboxylic acids is 1. The van der Waals surface area contributed by atoms with E-state index >= 15 is 0 Å². The third-order valence-electron chi connectivity index (χ3n) is 4.41. The minimum Gasteiger partial charge on any atom is -0.351 e. The predicted molar refractivity (Wildman–Crippen MR) is 88.3 cm³/mol. The second kappa shape index (κ2) is 5.50. The van der Waals surface area contributed by atoms with E-state index in [4.69, 9.17) is 0 Å². The van der Waals surface area contributed by atoms with Crippen molar-refractivity contribution in [1.29, 1.82) is 0 Å². The van der Waals surface area contributed by atoms with Crippen LogP contribution in [0.1, 0.15) is 34.3 Å². The van der Waals surface area contributed by atoms with Gasteiger partial charge in [0.1, 0.15) is 11.5 Å². The number of nitrogens with zero attached hydrogens (tertiary/aromatic N) is 3. The fourth-order valence-electron chi connectivity index (χ4n) is 3.18. The number of aryl methyl sites for hydroxylation is 1. The van der Waals surface area contributed by atoms with Crippen molar-refractivity contribution in [1.82, 2.24) is 19.9 Å². The molecule has 2 aromatic heterocycles. The van der Waals surface area contributed by atoms with E-state index in [1.54, 1.807) is 6.20 Å². The fourth-order valence-corrected chi connectivity index (χ4v) is 3.18. The molecule has 1 aromatic carbocycles. The number of amides is 1. The molecule has 23 heavy (non-hydrogen) atoms. The largest absolute Gasteiger partial charge is 0.351 e. The molecule has 0 saturated carbocycles. The van der Waals surface area contributed by atoms with Crippen LogP contribution in [-0.4, -0.2) is 38.8 Å². The Morgan fingerprint density at radius 2 is 2.17 bits per heavy atom. The molecule has 1 unspecified atom stereocenters. The van der Waals surface area contributed by atoms with Crippen molar-refractivity contribution in [3.05, 3.63) is 59.8 Å². The zero-order valence-electron chi connectivity index (χ0n) is 13.0. The van der Waals surface area contributed by atoms with Crippen LogP contribution in [0.5, 0.6) is 0 Å². The third kappa shape index (κ3) is 2.59. The lowest BCUT2D eigenvalue weighted by molar-refractivity contribution is 0.0785. The lowest BCUT2D eigenvalue weighted by Gasteiger charge is -2.15. The van der Waals surface area contributed by atoms with Gasteiger partial charge in [-0.15, -0.1) is 0 Å². The maximum atomic E-state index is 12.7. The molecule has 1 atom stereocenters. The lowest BCUT2D eigenvalue weighted by atomic mass is 10.1. The molecule has 3 aromatic rings. The minimum absolute atomic E-state index is 0.0522. The van der Waals surface area contributed by atoms with Crippen LogP contribution in [0.25, 0.3) is 10.9 Å². The van der Waals surface area contributed by atoms with E-state index in [-0.39, 0.29) is 11.8 Å². The van der Waals surface area contributed by atoms with E-state index in [9.17, 15) is 4.79 Å². The van der Waals surface area contributed by atoms with Crippen molar-refractivity contribution in [2.24, 2.45) is 0 Å². The highest BCUT2D eigenvalue weighted by Gasteiger charge is 2.30. The summed E-state index contributed by atoms with van der Waals surface area (Å²) in [4.78, 5) is 26.7. The number of aromatic nitrogens is 3. The van der Waals surface area contributed by atoms with Gasteiger partial charge in [0.25, 0.3) is 5.91 Å². The highest BCUT2D eigenvalue weighted by Crippen LogP contribution is 2.26. The normalized spacial score (nSPS) is 17.8. The molecule has 0 spiro atoms. The van der Waals surface area contributed by atoms with E-state index in [0.29, 0.717) is 12.2 Å². The molecule has 0 radical (unpaired) electrons. The first-order valence-electron chi connectivity index (χ1n) is 7.87. The first-order chi connectivity index (χ1) is 11.2. The number of nitrogens with one attached hydrogen (secondary N) is 1. The van der Waals surface area contributed by atoms with Crippen LogP contribution < -0.4 is 0 Å². The Morgan fingerprint density at radius 3 is 3.00 bits per heavy atom. The summed E-state index contributed by atoms with van der Waals surface area (Å²) in [6.07, 6.45) is 2.70. The Bertz CT molecular complexity index is 837. The average Bonchev–Trinajstić information content (AvgIpc) is 3.21. The topological polar surface area (TPSA) is 61.9 Å². The number of carbonyl (C=O) groups is 1. The van der Waals surface area contributed by atoms with Crippen LogP contribution in [0.4, 0.5) is 0 Å². The summed E-state index contributed by atoms with van der Waals surface area (Å²) in [5.41, 5.74) is 2.61. The van der Waals surface area contributed by atoms with Gasteiger partial charge in [0.15, 0.2) is 0 Å². The summed E-state index contributed by atoms with van der Waals surface area (Å²) >= 11 is 0. The first kappa shape index (κ1) is 13.9. The van der Waals surface area contributed by atoms with Gasteiger partial charge in [0.05, 0.1) is 0 Å². The Balaban J connectivity index is 1.54. The fraction of sp³-hybridized carbons (Fsp3) is 0.278. The standard InChI is InChI=1S/C18H18N4O/c1-12-6-8-19-17(20-12)14-7-9-22(11-14)18(23)16-10-13-4-2-3-5-15(13)21-16/h2-6,8,10,14,21H,7,9,11H2,1H3. The van der Waals surface area contributed by atoms with Crippen molar-refractivity contribution in [2.75, 3.05) is 13.1 Å². The summed E-state index contributed by atoms with van der Waals surface area (Å²) in [5, 5.41) is 1.06. The maximum absolute atomic E-state index is 12.7. The molecular weight excluding hydrogens is 288 g/mol. The van der Waals surface area contributed by atoms with E-state index < -0.39 is 0 Å². The Labute approximate surface area is 134 Å². The summed E-state index contributed by atoms with van der Waals surface area (Å²) in [5.74, 6) is 1.12. The number of fused-ring (bicyclic) bond motifs is 1. The van der Waals surface area contributed by atoms with Gasteiger partial charge in [-0.2, -0.15) is 0 Å². The number of benzene rings is 1. The molecule has 1 N–H and O–H groups in total. The summed E-state index contributed by atoms with van der Waals surface area (Å²) in [6.45, 7) is 3.39. The molecule has 1 fully saturated rings.